The number of hydrogen-bond acceptors (Lipinski definition) is 6. The smallest absolute Gasteiger partial charge is 0.255 e. The second-order valence-corrected chi connectivity index (χ2v) is 6.00. The highest BCUT2D eigenvalue weighted by Gasteiger charge is 2.17. The van der Waals surface area contributed by atoms with Crippen molar-refractivity contribution in [2.45, 2.75) is 20.4 Å². The Labute approximate surface area is 157 Å². The van der Waals surface area contributed by atoms with Crippen LogP contribution in [0, 0.1) is 13.8 Å². The third-order valence-corrected chi connectivity index (χ3v) is 4.32. The first-order valence-corrected chi connectivity index (χ1v) is 8.39. The molecule has 1 aromatic heterocycles. The summed E-state index contributed by atoms with van der Waals surface area (Å²) in [4.78, 5) is 12.6. The zero-order chi connectivity index (χ0) is 19.4. The number of benzene rings is 2. The maximum Gasteiger partial charge on any atom is 0.255 e. The first-order valence-electron chi connectivity index (χ1n) is 8.39. The first-order chi connectivity index (χ1) is 13.0. The van der Waals surface area contributed by atoms with E-state index in [1.54, 1.807) is 22.9 Å². The molecule has 0 unspecified atom stereocenters. The van der Waals surface area contributed by atoms with Crippen LogP contribution < -0.4 is 14.8 Å². The molecule has 1 N–H and O–H groups in total. The molecule has 0 atom stereocenters. The lowest BCUT2D eigenvalue weighted by Crippen LogP contribution is -2.25. The molecule has 0 saturated carbocycles. The number of tetrazole rings is 1. The molecule has 0 aliphatic heterocycles. The average molecular weight is 367 g/mol. The van der Waals surface area contributed by atoms with Crippen LogP contribution in [0.2, 0.25) is 0 Å². The molecule has 0 radical (unpaired) electrons. The second kappa shape index (κ2) is 7.86. The van der Waals surface area contributed by atoms with Crippen LogP contribution in [0.1, 0.15) is 27.3 Å². The number of carbonyl (C=O) groups excluding carboxylic acids is 1. The van der Waals surface area contributed by atoms with E-state index in [1.807, 2.05) is 32.0 Å². The Morgan fingerprint density at radius 2 is 1.93 bits per heavy atom. The summed E-state index contributed by atoms with van der Waals surface area (Å²) in [5, 5.41) is 14.6. The number of ether oxygens (including phenoxy) is 2. The number of aryl methyl sites for hydroxylation is 2. The number of aromatic nitrogens is 4. The van der Waals surface area contributed by atoms with Crippen molar-refractivity contribution in [3.05, 3.63) is 58.9 Å². The summed E-state index contributed by atoms with van der Waals surface area (Å²) >= 11 is 0. The van der Waals surface area contributed by atoms with Crippen molar-refractivity contribution < 1.29 is 14.3 Å². The van der Waals surface area contributed by atoms with Crippen LogP contribution in [0.3, 0.4) is 0 Å². The molecule has 1 amide bonds. The zero-order valence-electron chi connectivity index (χ0n) is 15.7. The normalized spacial score (nSPS) is 10.5. The Kier molecular flexibility index (Phi) is 5.35. The second-order valence-electron chi connectivity index (χ2n) is 6.00. The first kappa shape index (κ1) is 18.4. The van der Waals surface area contributed by atoms with Gasteiger partial charge in [0.15, 0.2) is 17.3 Å². The number of carbonyl (C=O) groups is 1. The predicted octanol–water partition coefficient (Wildman–Crippen LogP) is 2.23. The van der Waals surface area contributed by atoms with E-state index in [0.717, 1.165) is 11.3 Å². The standard InChI is InChI=1S/C19H21N5O3/c1-12-8-9-14(10-13(12)2)24-17(21-22-23-24)11-20-19(25)15-6-5-7-16(26-3)18(15)27-4/h5-10H,11H2,1-4H3,(H,20,25). The van der Waals surface area contributed by atoms with E-state index >= 15 is 0 Å². The molecule has 1 heterocycles. The fourth-order valence-corrected chi connectivity index (χ4v) is 2.69. The van der Waals surface area contributed by atoms with E-state index in [-0.39, 0.29) is 12.5 Å². The van der Waals surface area contributed by atoms with E-state index in [4.69, 9.17) is 9.47 Å². The van der Waals surface area contributed by atoms with Gasteiger partial charge in [-0.1, -0.05) is 12.1 Å². The number of para-hydroxylation sites is 1. The van der Waals surface area contributed by atoms with Gasteiger partial charge in [-0.15, -0.1) is 5.10 Å². The molecule has 27 heavy (non-hydrogen) atoms. The van der Waals surface area contributed by atoms with E-state index in [9.17, 15) is 4.79 Å². The van der Waals surface area contributed by atoms with Gasteiger partial charge in [0.05, 0.1) is 32.0 Å². The predicted molar refractivity (Wildman–Crippen MR) is 99.3 cm³/mol. The lowest BCUT2D eigenvalue weighted by atomic mass is 10.1. The van der Waals surface area contributed by atoms with E-state index in [1.165, 1.54) is 19.8 Å². The van der Waals surface area contributed by atoms with Crippen LogP contribution in [-0.2, 0) is 6.54 Å². The van der Waals surface area contributed by atoms with Crippen molar-refractivity contribution in [3.63, 3.8) is 0 Å². The third kappa shape index (κ3) is 3.74. The molecule has 0 bridgehead atoms. The van der Waals surface area contributed by atoms with Crippen LogP contribution >= 0.6 is 0 Å². The molecular formula is C19H21N5O3. The quantitative estimate of drug-likeness (QED) is 0.718. The van der Waals surface area contributed by atoms with E-state index in [2.05, 4.69) is 20.8 Å². The van der Waals surface area contributed by atoms with Gasteiger partial charge in [0.25, 0.3) is 5.91 Å². The summed E-state index contributed by atoms with van der Waals surface area (Å²) in [6.45, 7) is 4.24. The Morgan fingerprint density at radius 1 is 1.11 bits per heavy atom. The maximum atomic E-state index is 12.6. The number of rotatable bonds is 6. The lowest BCUT2D eigenvalue weighted by Gasteiger charge is -2.12. The fraction of sp³-hybridized carbons (Fsp3) is 0.263. The largest absolute Gasteiger partial charge is 0.493 e. The highest BCUT2D eigenvalue weighted by atomic mass is 16.5. The summed E-state index contributed by atoms with van der Waals surface area (Å²) < 4.78 is 12.2. The van der Waals surface area contributed by atoms with Crippen molar-refractivity contribution in [1.82, 2.24) is 25.5 Å². The van der Waals surface area contributed by atoms with Gasteiger partial charge in [0.2, 0.25) is 0 Å². The third-order valence-electron chi connectivity index (χ3n) is 4.32. The van der Waals surface area contributed by atoms with Gasteiger partial charge in [-0.25, -0.2) is 0 Å². The summed E-state index contributed by atoms with van der Waals surface area (Å²) in [7, 11) is 3.02. The zero-order valence-corrected chi connectivity index (χ0v) is 15.7. The van der Waals surface area contributed by atoms with Crippen molar-refractivity contribution in [2.24, 2.45) is 0 Å². The van der Waals surface area contributed by atoms with Crippen molar-refractivity contribution in [2.75, 3.05) is 14.2 Å². The number of nitrogens with one attached hydrogen (secondary N) is 1. The Morgan fingerprint density at radius 3 is 2.63 bits per heavy atom. The summed E-state index contributed by atoms with van der Waals surface area (Å²) in [6, 6.07) is 11.1. The van der Waals surface area contributed by atoms with Crippen molar-refractivity contribution in [1.29, 1.82) is 0 Å². The van der Waals surface area contributed by atoms with Crippen molar-refractivity contribution >= 4 is 5.91 Å². The summed E-state index contributed by atoms with van der Waals surface area (Å²) in [6.07, 6.45) is 0. The minimum absolute atomic E-state index is 0.166. The molecule has 2 aromatic carbocycles. The summed E-state index contributed by atoms with van der Waals surface area (Å²) in [5.74, 6) is 1.09. The van der Waals surface area contributed by atoms with Crippen LogP contribution in [0.15, 0.2) is 36.4 Å². The topological polar surface area (TPSA) is 91.2 Å². The molecule has 8 heteroatoms. The van der Waals surface area contributed by atoms with E-state index < -0.39 is 0 Å². The van der Waals surface area contributed by atoms with Gasteiger partial charge >= 0.3 is 0 Å². The van der Waals surface area contributed by atoms with Crippen LogP contribution in [0.25, 0.3) is 5.69 Å². The Hall–Kier alpha value is -3.42. The fourth-order valence-electron chi connectivity index (χ4n) is 2.69. The maximum absolute atomic E-state index is 12.6. The highest BCUT2D eigenvalue weighted by Crippen LogP contribution is 2.30. The average Bonchev–Trinajstić information content (AvgIpc) is 3.16. The Balaban J connectivity index is 1.80. The molecule has 0 saturated heterocycles. The van der Waals surface area contributed by atoms with Gasteiger partial charge in [0.1, 0.15) is 0 Å². The molecule has 140 valence electrons. The SMILES string of the molecule is COc1cccc(C(=O)NCc2nnnn2-c2ccc(C)c(C)c2)c1OC. The Bertz CT molecular complexity index is 968. The van der Waals surface area contributed by atoms with Gasteiger partial charge in [0, 0.05) is 0 Å². The monoisotopic (exact) mass is 367 g/mol. The molecule has 0 spiro atoms. The van der Waals surface area contributed by atoms with E-state index in [0.29, 0.717) is 22.9 Å². The molecular weight excluding hydrogens is 346 g/mol. The minimum Gasteiger partial charge on any atom is -0.493 e. The highest BCUT2D eigenvalue weighted by molar-refractivity contribution is 5.97. The van der Waals surface area contributed by atoms with Crippen LogP contribution in [-0.4, -0.2) is 40.3 Å². The number of hydrogen-bond donors (Lipinski definition) is 1. The molecule has 0 aliphatic carbocycles. The van der Waals surface area contributed by atoms with Gasteiger partial charge in [-0.3, -0.25) is 4.79 Å². The number of nitrogens with zero attached hydrogens (tertiary/aromatic N) is 4. The summed E-state index contributed by atoms with van der Waals surface area (Å²) in [5.41, 5.74) is 3.54. The number of methoxy groups -OCH3 is 2. The van der Waals surface area contributed by atoms with Crippen molar-refractivity contribution in [3.8, 4) is 17.2 Å². The van der Waals surface area contributed by atoms with Gasteiger partial charge < -0.3 is 14.8 Å². The van der Waals surface area contributed by atoms with Gasteiger partial charge in [-0.2, -0.15) is 4.68 Å². The minimum atomic E-state index is -0.305. The molecule has 0 fully saturated rings. The van der Waals surface area contributed by atoms with Gasteiger partial charge in [-0.05, 0) is 59.7 Å². The molecule has 3 rings (SSSR count). The lowest BCUT2D eigenvalue weighted by molar-refractivity contribution is 0.0946. The molecule has 8 nitrogen and oxygen atoms in total. The molecule has 3 aromatic rings. The van der Waals surface area contributed by atoms with Crippen LogP contribution in [0.4, 0.5) is 0 Å². The van der Waals surface area contributed by atoms with Crippen LogP contribution in [0.5, 0.6) is 11.5 Å². The molecule has 0 aliphatic rings. The number of amides is 1.